The molecule has 29 heavy (non-hydrogen) atoms. The zero-order valence-electron chi connectivity index (χ0n) is 16.7. The Bertz CT molecular complexity index is 974. The summed E-state index contributed by atoms with van der Waals surface area (Å²) in [6.07, 6.45) is 1.64. The number of hydrogen-bond donors (Lipinski definition) is 1. The first kappa shape index (κ1) is 21.5. The van der Waals surface area contributed by atoms with Gasteiger partial charge in [0.15, 0.2) is 11.5 Å². The minimum atomic E-state index is -3.66. The van der Waals surface area contributed by atoms with E-state index in [0.717, 1.165) is 23.5 Å². The molecule has 0 bridgehead atoms. The second kappa shape index (κ2) is 9.10. The summed E-state index contributed by atoms with van der Waals surface area (Å²) >= 11 is 1.51. The molecule has 1 N–H and O–H groups in total. The maximum absolute atomic E-state index is 13.2. The van der Waals surface area contributed by atoms with Gasteiger partial charge in [0.2, 0.25) is 15.9 Å². The summed E-state index contributed by atoms with van der Waals surface area (Å²) in [5, 5.41) is 5.54. The molecule has 1 atom stereocenters. The lowest BCUT2D eigenvalue weighted by atomic mass is 10.0. The van der Waals surface area contributed by atoms with Crippen molar-refractivity contribution in [3.8, 4) is 11.5 Å². The number of sulfonamides is 1. The van der Waals surface area contributed by atoms with Crippen LogP contribution in [-0.4, -0.2) is 50.9 Å². The molecular weight excluding hydrogens is 414 g/mol. The fraction of sp³-hybridized carbons (Fsp3) is 0.474. The molecule has 2 heterocycles. The van der Waals surface area contributed by atoms with Crippen LogP contribution in [0.5, 0.6) is 11.5 Å². The predicted molar refractivity (Wildman–Crippen MR) is 110 cm³/mol. The maximum Gasteiger partial charge on any atom is 0.243 e. The molecule has 0 spiro atoms. The molecule has 2 aromatic rings. The molecule has 10 heteroatoms. The first-order valence-electron chi connectivity index (χ1n) is 9.26. The number of nitrogens with zero attached hydrogens (tertiary/aromatic N) is 2. The van der Waals surface area contributed by atoms with E-state index in [4.69, 9.17) is 9.47 Å². The van der Waals surface area contributed by atoms with Crippen molar-refractivity contribution in [2.45, 2.75) is 37.1 Å². The average molecular weight is 440 g/mol. The smallest absolute Gasteiger partial charge is 0.243 e. The largest absolute Gasteiger partial charge is 0.493 e. The molecule has 8 nitrogen and oxygen atoms in total. The van der Waals surface area contributed by atoms with E-state index in [1.165, 1.54) is 48.9 Å². The van der Waals surface area contributed by atoms with Crippen LogP contribution in [0.3, 0.4) is 0 Å². The Hall–Kier alpha value is -2.17. The Labute approximate surface area is 174 Å². The second-order valence-electron chi connectivity index (χ2n) is 6.81. The van der Waals surface area contributed by atoms with Gasteiger partial charge in [-0.05, 0) is 25.0 Å². The van der Waals surface area contributed by atoms with Crippen LogP contribution in [0.4, 0.5) is 0 Å². The van der Waals surface area contributed by atoms with Gasteiger partial charge in [-0.1, -0.05) is 0 Å². The van der Waals surface area contributed by atoms with Crippen LogP contribution in [0.2, 0.25) is 0 Å². The number of thiazole rings is 1. The Morgan fingerprint density at radius 2 is 2.07 bits per heavy atom. The summed E-state index contributed by atoms with van der Waals surface area (Å²) in [5.74, 6) is 0.793. The van der Waals surface area contributed by atoms with Crippen LogP contribution in [0.1, 0.15) is 36.4 Å². The van der Waals surface area contributed by atoms with Gasteiger partial charge in [0.05, 0.1) is 36.4 Å². The molecule has 1 aliphatic heterocycles. The van der Waals surface area contributed by atoms with E-state index in [9.17, 15) is 13.2 Å². The van der Waals surface area contributed by atoms with E-state index in [0.29, 0.717) is 31.1 Å². The predicted octanol–water partition coefficient (Wildman–Crippen LogP) is 2.36. The molecule has 158 valence electrons. The van der Waals surface area contributed by atoms with Crippen molar-refractivity contribution < 1.29 is 22.7 Å². The number of rotatable bonds is 7. The van der Waals surface area contributed by atoms with Gasteiger partial charge in [-0.15, -0.1) is 11.3 Å². The van der Waals surface area contributed by atoms with Crippen LogP contribution in [0.15, 0.2) is 28.5 Å². The molecule has 3 rings (SSSR count). The summed E-state index contributed by atoms with van der Waals surface area (Å²) < 4.78 is 38.3. The number of carbonyl (C=O) groups excluding carboxylic acids is 1. The van der Waals surface area contributed by atoms with E-state index < -0.39 is 10.0 Å². The SMILES string of the molecule is COc1ccc(S(=O)(=O)N2CCCC(c3nc(CNC(C)=O)cs3)C2)cc1OC. The highest BCUT2D eigenvalue weighted by Gasteiger charge is 2.32. The summed E-state index contributed by atoms with van der Waals surface area (Å²) in [6, 6.07) is 4.63. The van der Waals surface area contributed by atoms with E-state index >= 15 is 0 Å². The van der Waals surface area contributed by atoms with E-state index in [1.807, 2.05) is 5.38 Å². The number of piperidine rings is 1. The highest BCUT2D eigenvalue weighted by atomic mass is 32.2. The number of methoxy groups -OCH3 is 2. The number of nitrogens with one attached hydrogen (secondary N) is 1. The molecule has 1 aromatic heterocycles. The summed E-state index contributed by atoms with van der Waals surface area (Å²) in [4.78, 5) is 15.8. The van der Waals surface area contributed by atoms with Crippen LogP contribution < -0.4 is 14.8 Å². The highest BCUT2D eigenvalue weighted by Crippen LogP contribution is 2.34. The van der Waals surface area contributed by atoms with Crippen LogP contribution >= 0.6 is 11.3 Å². The Morgan fingerprint density at radius 1 is 1.31 bits per heavy atom. The van der Waals surface area contributed by atoms with Crippen molar-refractivity contribution in [1.82, 2.24) is 14.6 Å². The summed E-state index contributed by atoms with van der Waals surface area (Å²) in [5.41, 5.74) is 0.792. The quantitative estimate of drug-likeness (QED) is 0.711. The standard InChI is InChI=1S/C19H25N3O5S2/c1-13(23)20-10-15-12-28-19(21-15)14-5-4-8-22(11-14)29(24,25)16-6-7-17(26-2)18(9-16)27-3/h6-7,9,12,14H,4-5,8,10-11H2,1-3H3,(H,20,23). The molecule has 1 fully saturated rings. The molecule has 1 aliphatic rings. The average Bonchev–Trinajstić information content (AvgIpc) is 3.21. The third kappa shape index (κ3) is 4.88. The van der Waals surface area contributed by atoms with Gasteiger partial charge in [-0.25, -0.2) is 13.4 Å². The summed E-state index contributed by atoms with van der Waals surface area (Å²) in [6.45, 7) is 2.69. The first-order chi connectivity index (χ1) is 13.8. The first-order valence-corrected chi connectivity index (χ1v) is 11.6. The van der Waals surface area contributed by atoms with E-state index in [2.05, 4.69) is 10.3 Å². The lowest BCUT2D eigenvalue weighted by Gasteiger charge is -2.31. The number of aromatic nitrogens is 1. The molecule has 1 unspecified atom stereocenters. The monoisotopic (exact) mass is 439 g/mol. The van der Waals surface area contributed by atoms with Crippen molar-refractivity contribution in [1.29, 1.82) is 0 Å². The number of ether oxygens (including phenoxy) is 2. The zero-order valence-corrected chi connectivity index (χ0v) is 18.3. The molecule has 1 amide bonds. The Morgan fingerprint density at radius 3 is 2.76 bits per heavy atom. The lowest BCUT2D eigenvalue weighted by molar-refractivity contribution is -0.119. The van der Waals surface area contributed by atoms with E-state index in [1.54, 1.807) is 6.07 Å². The van der Waals surface area contributed by atoms with Crippen LogP contribution in [-0.2, 0) is 21.4 Å². The summed E-state index contributed by atoms with van der Waals surface area (Å²) in [7, 11) is -0.670. The fourth-order valence-electron chi connectivity index (χ4n) is 3.29. The number of hydrogen-bond acceptors (Lipinski definition) is 7. The van der Waals surface area contributed by atoms with Gasteiger partial charge in [-0.2, -0.15) is 4.31 Å². The van der Waals surface area contributed by atoms with Crippen molar-refractivity contribution in [2.24, 2.45) is 0 Å². The van der Waals surface area contributed by atoms with Gasteiger partial charge < -0.3 is 14.8 Å². The van der Waals surface area contributed by atoms with Crippen molar-refractivity contribution in [2.75, 3.05) is 27.3 Å². The fourth-order valence-corrected chi connectivity index (χ4v) is 5.78. The number of carbonyl (C=O) groups is 1. The highest BCUT2D eigenvalue weighted by molar-refractivity contribution is 7.89. The van der Waals surface area contributed by atoms with Gasteiger partial charge in [0.1, 0.15) is 0 Å². The van der Waals surface area contributed by atoms with Gasteiger partial charge in [0.25, 0.3) is 0 Å². The normalized spacial score (nSPS) is 17.7. The molecule has 1 saturated heterocycles. The maximum atomic E-state index is 13.2. The molecular formula is C19H25N3O5S2. The zero-order chi connectivity index (χ0) is 21.0. The van der Waals surface area contributed by atoms with Crippen LogP contribution in [0, 0.1) is 0 Å². The van der Waals surface area contributed by atoms with Gasteiger partial charge in [-0.3, -0.25) is 4.79 Å². The van der Waals surface area contributed by atoms with Crippen LogP contribution in [0.25, 0.3) is 0 Å². The molecule has 1 aromatic carbocycles. The number of amides is 1. The number of benzene rings is 1. The Balaban J connectivity index is 1.77. The van der Waals surface area contributed by atoms with Gasteiger partial charge in [0, 0.05) is 37.4 Å². The van der Waals surface area contributed by atoms with Crippen molar-refractivity contribution in [3.63, 3.8) is 0 Å². The van der Waals surface area contributed by atoms with E-state index in [-0.39, 0.29) is 16.7 Å². The molecule has 0 radical (unpaired) electrons. The van der Waals surface area contributed by atoms with Gasteiger partial charge >= 0.3 is 0 Å². The van der Waals surface area contributed by atoms with Crippen molar-refractivity contribution in [3.05, 3.63) is 34.3 Å². The molecule has 0 aliphatic carbocycles. The second-order valence-corrected chi connectivity index (χ2v) is 9.63. The third-order valence-electron chi connectivity index (χ3n) is 4.81. The topological polar surface area (TPSA) is 97.8 Å². The Kier molecular flexibility index (Phi) is 6.76. The minimum Gasteiger partial charge on any atom is -0.493 e. The molecule has 0 saturated carbocycles. The minimum absolute atomic E-state index is 0.0368. The third-order valence-corrected chi connectivity index (χ3v) is 7.73. The lowest BCUT2D eigenvalue weighted by Crippen LogP contribution is -2.39. The van der Waals surface area contributed by atoms with Crippen molar-refractivity contribution >= 4 is 27.3 Å².